The van der Waals surface area contributed by atoms with E-state index in [2.05, 4.69) is 20.4 Å². The van der Waals surface area contributed by atoms with Gasteiger partial charge in [0, 0.05) is 5.56 Å². The van der Waals surface area contributed by atoms with Gasteiger partial charge in [0.2, 0.25) is 4.77 Å². The Morgan fingerprint density at radius 1 is 1.14 bits per heavy atom. The van der Waals surface area contributed by atoms with Crippen molar-refractivity contribution >= 4 is 30.0 Å². The summed E-state index contributed by atoms with van der Waals surface area (Å²) >= 11 is 11.8. The molecule has 0 saturated carbocycles. The van der Waals surface area contributed by atoms with Crippen LogP contribution in [0.15, 0.2) is 59.7 Å². The summed E-state index contributed by atoms with van der Waals surface area (Å²) in [5.74, 6) is 0.133. The van der Waals surface area contributed by atoms with Crippen LogP contribution in [0, 0.1) is 17.5 Å². The van der Waals surface area contributed by atoms with Crippen molar-refractivity contribution < 1.29 is 4.39 Å². The Balaban J connectivity index is 1.73. The largest absolute Gasteiger partial charge is 0.250 e. The minimum atomic E-state index is -0.330. The SMILES string of the molecule is Cc1nn(-c2ccccc2)c(Cl)c1/C=N\n1c(-c2ccc(F)cc2)n[nH]c1=S. The number of rotatable bonds is 4. The molecule has 0 aliphatic rings. The predicted octanol–water partition coefficient (Wildman–Crippen LogP) is 4.78. The zero-order chi connectivity index (χ0) is 19.7. The number of aryl methyl sites for hydroxylation is 1. The third-order valence-electron chi connectivity index (χ3n) is 4.10. The van der Waals surface area contributed by atoms with E-state index >= 15 is 0 Å². The fraction of sp³-hybridized carbons (Fsp3) is 0.0526. The monoisotopic (exact) mass is 412 g/mol. The van der Waals surface area contributed by atoms with Crippen LogP contribution in [0.3, 0.4) is 0 Å². The lowest BCUT2D eigenvalue weighted by Crippen LogP contribution is -1.97. The van der Waals surface area contributed by atoms with Crippen molar-refractivity contribution in [3.8, 4) is 17.1 Å². The Morgan fingerprint density at radius 2 is 1.86 bits per heavy atom. The molecular formula is C19H14ClFN6S. The third kappa shape index (κ3) is 3.39. The number of para-hydroxylation sites is 1. The van der Waals surface area contributed by atoms with E-state index < -0.39 is 0 Å². The van der Waals surface area contributed by atoms with Crippen molar-refractivity contribution in [1.82, 2.24) is 24.7 Å². The number of hydrogen-bond acceptors (Lipinski definition) is 4. The molecule has 1 N–H and O–H groups in total. The van der Waals surface area contributed by atoms with Crippen molar-refractivity contribution in [2.75, 3.05) is 0 Å². The summed E-state index contributed by atoms with van der Waals surface area (Å²) in [6.07, 6.45) is 1.59. The van der Waals surface area contributed by atoms with Crippen LogP contribution >= 0.6 is 23.8 Å². The molecular weight excluding hydrogens is 399 g/mol. The van der Waals surface area contributed by atoms with Gasteiger partial charge in [-0.2, -0.15) is 20.0 Å². The van der Waals surface area contributed by atoms with Crippen LogP contribution in [-0.4, -0.2) is 30.9 Å². The molecule has 4 rings (SSSR count). The maximum atomic E-state index is 13.2. The Kier molecular flexibility index (Phi) is 4.89. The second-order valence-corrected chi connectivity index (χ2v) is 6.70. The minimum Gasteiger partial charge on any atom is -0.250 e. The molecule has 0 radical (unpaired) electrons. The molecule has 0 aliphatic heterocycles. The van der Waals surface area contributed by atoms with Gasteiger partial charge in [0.05, 0.1) is 23.2 Å². The summed E-state index contributed by atoms with van der Waals surface area (Å²) in [6, 6.07) is 15.5. The molecule has 9 heteroatoms. The van der Waals surface area contributed by atoms with E-state index in [1.165, 1.54) is 16.8 Å². The van der Waals surface area contributed by atoms with Crippen molar-refractivity contribution in [2.24, 2.45) is 5.10 Å². The number of hydrogen-bond donors (Lipinski definition) is 1. The van der Waals surface area contributed by atoms with Gasteiger partial charge in [0.15, 0.2) is 5.82 Å². The molecule has 2 aromatic carbocycles. The highest BCUT2D eigenvalue weighted by atomic mass is 35.5. The van der Waals surface area contributed by atoms with E-state index in [1.807, 2.05) is 37.3 Å². The van der Waals surface area contributed by atoms with Crippen LogP contribution in [-0.2, 0) is 0 Å². The first-order valence-corrected chi connectivity index (χ1v) is 9.11. The zero-order valence-corrected chi connectivity index (χ0v) is 16.2. The minimum absolute atomic E-state index is 0.305. The standard InChI is InChI=1S/C19H14ClFN6S/c1-12-16(17(20)26(25-12)15-5-3-2-4-6-15)11-22-27-18(23-24-19(27)28)13-7-9-14(21)10-8-13/h2-11H,1H3,(H,24,28)/b22-11-. The van der Waals surface area contributed by atoms with Crippen LogP contribution in [0.4, 0.5) is 4.39 Å². The van der Waals surface area contributed by atoms with Gasteiger partial charge in [-0.1, -0.05) is 29.8 Å². The molecule has 28 heavy (non-hydrogen) atoms. The number of aromatic amines is 1. The summed E-state index contributed by atoms with van der Waals surface area (Å²) in [6.45, 7) is 1.85. The van der Waals surface area contributed by atoms with Crippen molar-refractivity contribution in [3.63, 3.8) is 0 Å². The first-order chi connectivity index (χ1) is 13.5. The number of benzene rings is 2. The molecule has 0 amide bonds. The summed E-state index contributed by atoms with van der Waals surface area (Å²) in [5, 5.41) is 16.2. The fourth-order valence-corrected chi connectivity index (χ4v) is 3.20. The van der Waals surface area contributed by atoms with Crippen LogP contribution in [0.5, 0.6) is 0 Å². The fourth-order valence-electron chi connectivity index (χ4n) is 2.70. The number of aromatic nitrogens is 5. The maximum absolute atomic E-state index is 13.2. The molecule has 2 heterocycles. The van der Waals surface area contributed by atoms with Gasteiger partial charge >= 0.3 is 0 Å². The Bertz CT molecular complexity index is 1210. The second-order valence-electron chi connectivity index (χ2n) is 5.95. The third-order valence-corrected chi connectivity index (χ3v) is 4.73. The Labute approximate surface area is 169 Å². The number of H-pyrrole nitrogens is 1. The predicted molar refractivity (Wildman–Crippen MR) is 109 cm³/mol. The quantitative estimate of drug-likeness (QED) is 0.387. The van der Waals surface area contributed by atoms with Crippen molar-refractivity contribution in [2.45, 2.75) is 6.92 Å². The molecule has 6 nitrogen and oxygen atoms in total. The van der Waals surface area contributed by atoms with Gasteiger partial charge < -0.3 is 0 Å². The first kappa shape index (κ1) is 18.3. The molecule has 0 saturated heterocycles. The van der Waals surface area contributed by atoms with Crippen LogP contribution < -0.4 is 0 Å². The topological polar surface area (TPSA) is 63.8 Å². The van der Waals surface area contributed by atoms with E-state index in [1.54, 1.807) is 23.0 Å². The van der Waals surface area contributed by atoms with Gasteiger partial charge in [-0.3, -0.25) is 0 Å². The second kappa shape index (κ2) is 7.49. The summed E-state index contributed by atoms with van der Waals surface area (Å²) < 4.78 is 16.6. The maximum Gasteiger partial charge on any atom is 0.216 e. The zero-order valence-electron chi connectivity index (χ0n) is 14.7. The van der Waals surface area contributed by atoms with E-state index in [4.69, 9.17) is 23.8 Å². The molecule has 4 aromatic rings. The molecule has 2 aromatic heterocycles. The van der Waals surface area contributed by atoms with Gasteiger partial charge in [0.1, 0.15) is 11.0 Å². The molecule has 0 fully saturated rings. The average Bonchev–Trinajstić information content (AvgIpc) is 3.21. The first-order valence-electron chi connectivity index (χ1n) is 8.33. The number of halogens is 2. The highest BCUT2D eigenvalue weighted by Gasteiger charge is 2.14. The summed E-state index contributed by atoms with van der Waals surface area (Å²) in [4.78, 5) is 0. The highest BCUT2D eigenvalue weighted by Crippen LogP contribution is 2.23. The van der Waals surface area contributed by atoms with Gasteiger partial charge in [0.25, 0.3) is 0 Å². The number of nitrogens with zero attached hydrogens (tertiary/aromatic N) is 5. The lowest BCUT2D eigenvalue weighted by atomic mass is 10.2. The lowest BCUT2D eigenvalue weighted by molar-refractivity contribution is 0.628. The molecule has 0 atom stereocenters. The summed E-state index contributed by atoms with van der Waals surface area (Å²) in [5.41, 5.74) is 2.91. The van der Waals surface area contributed by atoms with Gasteiger partial charge in [-0.05, 0) is 55.5 Å². The van der Waals surface area contributed by atoms with Crippen molar-refractivity contribution in [1.29, 1.82) is 0 Å². The van der Waals surface area contributed by atoms with Gasteiger partial charge in [-0.25, -0.2) is 14.2 Å². The molecule has 0 bridgehead atoms. The van der Waals surface area contributed by atoms with E-state index in [-0.39, 0.29) is 5.82 Å². The molecule has 0 spiro atoms. The molecule has 0 unspecified atom stereocenters. The van der Waals surface area contributed by atoms with E-state index in [9.17, 15) is 4.39 Å². The van der Waals surface area contributed by atoms with Crippen molar-refractivity contribution in [3.05, 3.63) is 81.6 Å². The number of nitrogens with one attached hydrogen (secondary N) is 1. The van der Waals surface area contributed by atoms with Crippen LogP contribution in [0.2, 0.25) is 5.15 Å². The van der Waals surface area contributed by atoms with Crippen LogP contribution in [0.25, 0.3) is 17.1 Å². The van der Waals surface area contributed by atoms with Crippen LogP contribution in [0.1, 0.15) is 11.3 Å². The smallest absolute Gasteiger partial charge is 0.216 e. The normalized spacial score (nSPS) is 11.4. The van der Waals surface area contributed by atoms with E-state index in [0.29, 0.717) is 26.9 Å². The lowest BCUT2D eigenvalue weighted by Gasteiger charge is -2.02. The Morgan fingerprint density at radius 3 is 2.57 bits per heavy atom. The average molecular weight is 413 g/mol. The molecule has 140 valence electrons. The van der Waals surface area contributed by atoms with E-state index in [0.717, 1.165) is 11.4 Å². The van der Waals surface area contributed by atoms with Gasteiger partial charge in [-0.15, -0.1) is 0 Å². The summed E-state index contributed by atoms with van der Waals surface area (Å²) in [7, 11) is 0. The molecule has 0 aliphatic carbocycles. The highest BCUT2D eigenvalue weighted by molar-refractivity contribution is 7.71. The Hall–Kier alpha value is -3.10.